The number of amides is 1. The summed E-state index contributed by atoms with van der Waals surface area (Å²) in [6, 6.07) is 14.6. The lowest BCUT2D eigenvalue weighted by Gasteiger charge is -2.21. The van der Waals surface area contributed by atoms with Crippen molar-refractivity contribution < 1.29 is 14.3 Å². The van der Waals surface area contributed by atoms with E-state index in [1.807, 2.05) is 37.3 Å². The van der Waals surface area contributed by atoms with Crippen molar-refractivity contribution in [1.82, 2.24) is 5.32 Å². The average molecular weight is 427 g/mol. The van der Waals surface area contributed by atoms with Gasteiger partial charge >= 0.3 is 0 Å². The molecule has 6 heteroatoms. The predicted molar refractivity (Wildman–Crippen MR) is 124 cm³/mol. The van der Waals surface area contributed by atoms with Gasteiger partial charge in [0.25, 0.3) is 5.91 Å². The van der Waals surface area contributed by atoms with Crippen LogP contribution in [-0.2, 0) is 0 Å². The maximum atomic E-state index is 12.4. The van der Waals surface area contributed by atoms with Gasteiger partial charge in [0.2, 0.25) is 0 Å². The van der Waals surface area contributed by atoms with E-state index in [1.165, 1.54) is 32.1 Å². The van der Waals surface area contributed by atoms with Crippen molar-refractivity contribution in [2.24, 2.45) is 5.92 Å². The van der Waals surface area contributed by atoms with Gasteiger partial charge in [0.05, 0.1) is 13.2 Å². The topological polar surface area (TPSA) is 59.6 Å². The highest BCUT2D eigenvalue weighted by Gasteiger charge is 2.13. The van der Waals surface area contributed by atoms with Gasteiger partial charge in [-0.15, -0.1) is 0 Å². The molecule has 0 aliphatic heterocycles. The van der Waals surface area contributed by atoms with Crippen molar-refractivity contribution in [2.45, 2.75) is 45.4 Å². The van der Waals surface area contributed by atoms with Crippen molar-refractivity contribution in [3.8, 4) is 11.5 Å². The summed E-state index contributed by atoms with van der Waals surface area (Å²) in [5, 5.41) is 5.97. The second-order valence-corrected chi connectivity index (χ2v) is 7.94. The Morgan fingerprint density at radius 1 is 1.03 bits per heavy atom. The van der Waals surface area contributed by atoms with Gasteiger partial charge in [-0.25, -0.2) is 0 Å². The number of carbonyl (C=O) groups excluding carboxylic acids is 1. The van der Waals surface area contributed by atoms with Crippen LogP contribution in [0.2, 0.25) is 0 Å². The number of rotatable bonds is 8. The Balaban J connectivity index is 1.43. The molecule has 0 radical (unpaired) electrons. The summed E-state index contributed by atoms with van der Waals surface area (Å²) in [5.41, 5.74) is 1.29. The molecule has 0 aromatic heterocycles. The molecule has 0 unspecified atom stereocenters. The molecule has 0 heterocycles. The first-order valence-electron chi connectivity index (χ1n) is 10.7. The van der Waals surface area contributed by atoms with E-state index in [2.05, 4.69) is 10.6 Å². The van der Waals surface area contributed by atoms with E-state index >= 15 is 0 Å². The largest absolute Gasteiger partial charge is 0.494 e. The Kier molecular flexibility index (Phi) is 8.51. The summed E-state index contributed by atoms with van der Waals surface area (Å²) in [4.78, 5) is 12.4. The molecular formula is C24H30N2O3S. The summed E-state index contributed by atoms with van der Waals surface area (Å²) in [6.07, 6.45) is 7.91. The number of carbonyl (C=O) groups is 1. The number of hydrogen-bond acceptors (Lipinski definition) is 4. The minimum Gasteiger partial charge on any atom is -0.494 e. The number of nitrogens with one attached hydrogen (secondary N) is 2. The third kappa shape index (κ3) is 7.02. The molecule has 0 bridgehead atoms. The van der Waals surface area contributed by atoms with Crippen LogP contribution in [0.5, 0.6) is 11.5 Å². The van der Waals surface area contributed by atoms with Crippen LogP contribution in [0.15, 0.2) is 48.5 Å². The molecule has 1 amide bonds. The summed E-state index contributed by atoms with van der Waals surface area (Å²) in [7, 11) is 0. The number of thiocarbonyl (C=S) groups is 1. The Hall–Kier alpha value is -2.60. The number of ether oxygens (including phenoxy) is 2. The average Bonchev–Trinajstić information content (AvgIpc) is 2.76. The molecule has 1 fully saturated rings. The van der Waals surface area contributed by atoms with Crippen molar-refractivity contribution in [3.05, 3.63) is 54.1 Å². The van der Waals surface area contributed by atoms with E-state index in [-0.39, 0.29) is 11.0 Å². The number of benzene rings is 2. The quantitative estimate of drug-likeness (QED) is 0.541. The van der Waals surface area contributed by atoms with Crippen LogP contribution in [0.4, 0.5) is 5.69 Å². The lowest BCUT2D eigenvalue weighted by atomic mass is 9.87. The standard InChI is InChI=1S/C24H30N2O3S/c1-2-28-22-10-6-9-19(17-22)23(27)26-24(30)25-20-11-13-21(14-12-20)29-16-15-18-7-4-3-5-8-18/h6,9-14,17-18H,2-5,7-8,15-16H2,1H3,(H2,25,26,27,30). The Morgan fingerprint density at radius 2 is 1.80 bits per heavy atom. The molecule has 2 aromatic carbocycles. The molecular weight excluding hydrogens is 396 g/mol. The van der Waals surface area contributed by atoms with E-state index in [1.54, 1.807) is 18.2 Å². The molecule has 3 rings (SSSR count). The SMILES string of the molecule is CCOc1cccc(C(=O)NC(=S)Nc2ccc(OCCC3CCCCC3)cc2)c1. The minimum absolute atomic E-state index is 0.243. The maximum Gasteiger partial charge on any atom is 0.257 e. The van der Waals surface area contributed by atoms with Gasteiger partial charge in [-0.3, -0.25) is 10.1 Å². The second-order valence-electron chi connectivity index (χ2n) is 7.53. The third-order valence-corrected chi connectivity index (χ3v) is 5.47. The lowest BCUT2D eigenvalue weighted by molar-refractivity contribution is 0.0977. The summed E-state index contributed by atoms with van der Waals surface area (Å²) < 4.78 is 11.3. The van der Waals surface area contributed by atoms with E-state index in [9.17, 15) is 4.79 Å². The molecule has 1 aliphatic carbocycles. The molecule has 0 atom stereocenters. The molecule has 0 spiro atoms. The first-order chi connectivity index (χ1) is 14.6. The normalized spacial score (nSPS) is 14.0. The van der Waals surface area contributed by atoms with Crippen molar-refractivity contribution >= 4 is 28.9 Å². The molecule has 1 aliphatic rings. The van der Waals surface area contributed by atoms with Gasteiger partial charge in [-0.2, -0.15) is 0 Å². The van der Waals surface area contributed by atoms with Gasteiger partial charge in [-0.1, -0.05) is 38.2 Å². The second kappa shape index (κ2) is 11.6. The zero-order valence-electron chi connectivity index (χ0n) is 17.5. The summed E-state index contributed by atoms with van der Waals surface area (Å²) in [5.74, 6) is 2.04. The summed E-state index contributed by atoms with van der Waals surface area (Å²) >= 11 is 5.27. The minimum atomic E-state index is -0.281. The Morgan fingerprint density at radius 3 is 2.53 bits per heavy atom. The van der Waals surface area contributed by atoms with Crippen molar-refractivity contribution in [1.29, 1.82) is 0 Å². The Bertz CT molecular complexity index is 833. The monoisotopic (exact) mass is 426 g/mol. The molecule has 30 heavy (non-hydrogen) atoms. The van der Waals surface area contributed by atoms with Crippen LogP contribution >= 0.6 is 12.2 Å². The van der Waals surface area contributed by atoms with Gasteiger partial charge in [0.1, 0.15) is 11.5 Å². The Labute approximate surface area is 184 Å². The zero-order valence-corrected chi connectivity index (χ0v) is 18.3. The van der Waals surface area contributed by atoms with Crippen LogP contribution in [-0.4, -0.2) is 24.2 Å². The molecule has 2 N–H and O–H groups in total. The van der Waals surface area contributed by atoms with E-state index in [0.29, 0.717) is 17.9 Å². The highest BCUT2D eigenvalue weighted by molar-refractivity contribution is 7.80. The molecule has 1 saturated carbocycles. The first-order valence-corrected chi connectivity index (χ1v) is 11.1. The van der Waals surface area contributed by atoms with Crippen LogP contribution < -0.4 is 20.1 Å². The smallest absolute Gasteiger partial charge is 0.257 e. The lowest BCUT2D eigenvalue weighted by Crippen LogP contribution is -2.34. The fourth-order valence-corrected chi connectivity index (χ4v) is 3.90. The number of hydrogen-bond donors (Lipinski definition) is 2. The van der Waals surface area contributed by atoms with Gasteiger partial charge in [0.15, 0.2) is 5.11 Å². The van der Waals surface area contributed by atoms with Gasteiger partial charge < -0.3 is 14.8 Å². The van der Waals surface area contributed by atoms with E-state index < -0.39 is 0 Å². The highest BCUT2D eigenvalue weighted by Crippen LogP contribution is 2.26. The van der Waals surface area contributed by atoms with Gasteiger partial charge in [0, 0.05) is 11.3 Å². The fraction of sp³-hybridized carbons (Fsp3) is 0.417. The van der Waals surface area contributed by atoms with Crippen molar-refractivity contribution in [2.75, 3.05) is 18.5 Å². The number of anilines is 1. The van der Waals surface area contributed by atoms with Crippen molar-refractivity contribution in [3.63, 3.8) is 0 Å². The molecule has 2 aromatic rings. The van der Waals surface area contributed by atoms with Crippen LogP contribution in [0.25, 0.3) is 0 Å². The predicted octanol–water partition coefficient (Wildman–Crippen LogP) is 5.56. The molecule has 0 saturated heterocycles. The zero-order chi connectivity index (χ0) is 21.2. The molecule has 160 valence electrons. The maximum absolute atomic E-state index is 12.4. The van der Waals surface area contributed by atoms with E-state index in [4.69, 9.17) is 21.7 Å². The van der Waals surface area contributed by atoms with E-state index in [0.717, 1.165) is 30.4 Å². The summed E-state index contributed by atoms with van der Waals surface area (Å²) in [6.45, 7) is 3.21. The third-order valence-electron chi connectivity index (χ3n) is 5.27. The highest BCUT2D eigenvalue weighted by atomic mass is 32.1. The van der Waals surface area contributed by atoms with Crippen LogP contribution in [0.1, 0.15) is 55.8 Å². The molecule has 5 nitrogen and oxygen atoms in total. The van der Waals surface area contributed by atoms with Gasteiger partial charge in [-0.05, 0) is 73.9 Å². The van der Waals surface area contributed by atoms with Crippen LogP contribution in [0.3, 0.4) is 0 Å². The fourth-order valence-electron chi connectivity index (χ4n) is 3.69. The first kappa shape index (κ1) is 22.1. The van der Waals surface area contributed by atoms with Crippen LogP contribution in [0, 0.1) is 5.92 Å².